The Morgan fingerprint density at radius 3 is 2.83 bits per heavy atom. The molecule has 0 radical (unpaired) electrons. The fourth-order valence-electron chi connectivity index (χ4n) is 1.88. The molecule has 0 aliphatic heterocycles. The predicted molar refractivity (Wildman–Crippen MR) is 70.1 cm³/mol. The van der Waals surface area contributed by atoms with Gasteiger partial charge in [-0.05, 0) is 26.8 Å². The van der Waals surface area contributed by atoms with Crippen LogP contribution in [0.1, 0.15) is 30.0 Å². The first-order valence-electron chi connectivity index (χ1n) is 5.55. The summed E-state index contributed by atoms with van der Waals surface area (Å²) in [5.74, 6) is 1.70. The van der Waals surface area contributed by atoms with Crippen LogP contribution in [0.15, 0.2) is 21.5 Å². The zero-order valence-electron chi connectivity index (χ0n) is 10.4. The molecule has 2 rings (SSSR count). The molecular weight excluding hydrogens is 254 g/mol. The van der Waals surface area contributed by atoms with Crippen molar-refractivity contribution in [3.63, 3.8) is 0 Å². The zero-order chi connectivity index (χ0) is 13.3. The molecule has 0 spiro atoms. The van der Waals surface area contributed by atoms with Gasteiger partial charge in [-0.3, -0.25) is 4.79 Å². The Labute approximate surface area is 109 Å². The van der Waals surface area contributed by atoms with E-state index in [4.69, 9.17) is 16.0 Å². The third-order valence-corrected chi connectivity index (χ3v) is 3.09. The lowest BCUT2D eigenvalue weighted by atomic mass is 10.1. The fourth-order valence-corrected chi connectivity index (χ4v) is 2.02. The minimum Gasteiger partial charge on any atom is -0.466 e. The SMILES string of the molecule is Cc1cc(C(C)Nc2cn[nH]c(=O)c2Cl)c(C)o1. The number of halogens is 1. The van der Waals surface area contributed by atoms with Crippen LogP contribution in [0.25, 0.3) is 0 Å². The third-order valence-electron chi connectivity index (χ3n) is 2.71. The highest BCUT2D eigenvalue weighted by atomic mass is 35.5. The van der Waals surface area contributed by atoms with Gasteiger partial charge in [0.25, 0.3) is 5.56 Å². The van der Waals surface area contributed by atoms with Gasteiger partial charge in [0.15, 0.2) is 0 Å². The van der Waals surface area contributed by atoms with Crippen LogP contribution in [0.4, 0.5) is 5.69 Å². The molecule has 0 fully saturated rings. The molecule has 0 saturated heterocycles. The second kappa shape index (κ2) is 4.86. The summed E-state index contributed by atoms with van der Waals surface area (Å²) < 4.78 is 5.47. The number of nitrogens with one attached hydrogen (secondary N) is 2. The van der Waals surface area contributed by atoms with E-state index in [9.17, 15) is 4.79 Å². The van der Waals surface area contributed by atoms with Gasteiger partial charge >= 0.3 is 0 Å². The Morgan fingerprint density at radius 2 is 2.22 bits per heavy atom. The highest BCUT2D eigenvalue weighted by Crippen LogP contribution is 2.26. The van der Waals surface area contributed by atoms with E-state index in [1.54, 1.807) is 0 Å². The minimum absolute atomic E-state index is 0.0245. The normalized spacial score (nSPS) is 12.4. The van der Waals surface area contributed by atoms with Gasteiger partial charge in [-0.2, -0.15) is 5.10 Å². The van der Waals surface area contributed by atoms with Gasteiger partial charge in [-0.25, -0.2) is 5.10 Å². The maximum atomic E-state index is 11.3. The fraction of sp³-hybridized carbons (Fsp3) is 0.333. The van der Waals surface area contributed by atoms with Crippen molar-refractivity contribution in [1.29, 1.82) is 0 Å². The molecule has 2 aromatic rings. The molecule has 2 aromatic heterocycles. The average Bonchev–Trinajstić information content (AvgIpc) is 2.64. The van der Waals surface area contributed by atoms with E-state index in [0.29, 0.717) is 5.69 Å². The standard InChI is InChI=1S/C12H14ClN3O2/c1-6-4-9(8(3)18-6)7(2)15-10-5-14-16-12(17)11(10)13/h4-5,7H,1-3H3,(H2,15,16,17). The Bertz CT molecular complexity index is 618. The van der Waals surface area contributed by atoms with Gasteiger partial charge in [0.05, 0.1) is 17.9 Å². The van der Waals surface area contributed by atoms with E-state index in [0.717, 1.165) is 17.1 Å². The maximum absolute atomic E-state index is 11.3. The van der Waals surface area contributed by atoms with Crippen LogP contribution >= 0.6 is 11.6 Å². The second-order valence-corrected chi connectivity index (χ2v) is 4.54. The topological polar surface area (TPSA) is 70.9 Å². The first-order chi connectivity index (χ1) is 8.49. The van der Waals surface area contributed by atoms with E-state index < -0.39 is 5.56 Å². The lowest BCUT2D eigenvalue weighted by Crippen LogP contribution is -2.14. The van der Waals surface area contributed by atoms with Gasteiger partial charge in [0, 0.05) is 5.56 Å². The van der Waals surface area contributed by atoms with Gasteiger partial charge in [-0.1, -0.05) is 11.6 Å². The van der Waals surface area contributed by atoms with Crippen LogP contribution in [0, 0.1) is 13.8 Å². The number of furan rings is 1. The first kappa shape index (κ1) is 12.7. The molecule has 0 bridgehead atoms. The van der Waals surface area contributed by atoms with Gasteiger partial charge in [0.1, 0.15) is 16.5 Å². The zero-order valence-corrected chi connectivity index (χ0v) is 11.1. The Hall–Kier alpha value is -1.75. The van der Waals surface area contributed by atoms with Crippen LogP contribution in [0.5, 0.6) is 0 Å². The van der Waals surface area contributed by atoms with E-state index in [2.05, 4.69) is 15.5 Å². The van der Waals surface area contributed by atoms with Crippen molar-refractivity contribution < 1.29 is 4.42 Å². The Kier molecular flexibility index (Phi) is 3.43. The van der Waals surface area contributed by atoms with Crippen LogP contribution in [0.3, 0.4) is 0 Å². The van der Waals surface area contributed by atoms with Gasteiger partial charge in [-0.15, -0.1) is 0 Å². The largest absolute Gasteiger partial charge is 0.466 e. The summed E-state index contributed by atoms with van der Waals surface area (Å²) in [5.41, 5.74) is 1.13. The van der Waals surface area contributed by atoms with Crippen molar-refractivity contribution in [2.75, 3.05) is 5.32 Å². The summed E-state index contributed by atoms with van der Waals surface area (Å²) >= 11 is 5.90. The number of aryl methyl sites for hydroxylation is 2. The summed E-state index contributed by atoms with van der Waals surface area (Å²) in [6.45, 7) is 5.76. The number of hydrogen-bond donors (Lipinski definition) is 2. The number of aromatic nitrogens is 2. The molecule has 1 unspecified atom stereocenters. The third kappa shape index (κ3) is 2.41. The van der Waals surface area contributed by atoms with Crippen LogP contribution < -0.4 is 10.9 Å². The smallest absolute Gasteiger partial charge is 0.285 e. The number of aromatic amines is 1. The predicted octanol–water partition coefficient (Wildman–Crippen LogP) is 2.81. The second-order valence-electron chi connectivity index (χ2n) is 4.16. The number of H-pyrrole nitrogens is 1. The van der Waals surface area contributed by atoms with E-state index in [1.165, 1.54) is 6.20 Å². The van der Waals surface area contributed by atoms with Crippen molar-refractivity contribution in [3.05, 3.63) is 44.7 Å². The van der Waals surface area contributed by atoms with E-state index in [-0.39, 0.29) is 11.1 Å². The van der Waals surface area contributed by atoms with Gasteiger partial charge < -0.3 is 9.73 Å². The van der Waals surface area contributed by atoms with Gasteiger partial charge in [0.2, 0.25) is 0 Å². The number of rotatable bonds is 3. The van der Waals surface area contributed by atoms with Crippen molar-refractivity contribution in [2.24, 2.45) is 0 Å². The molecule has 0 saturated carbocycles. The molecule has 5 nitrogen and oxygen atoms in total. The van der Waals surface area contributed by atoms with Crippen LogP contribution in [-0.2, 0) is 0 Å². The summed E-state index contributed by atoms with van der Waals surface area (Å²) in [5, 5.41) is 9.24. The highest BCUT2D eigenvalue weighted by Gasteiger charge is 2.14. The molecule has 0 amide bonds. The molecule has 0 aromatic carbocycles. The molecule has 6 heteroatoms. The summed E-state index contributed by atoms with van der Waals surface area (Å²) in [6.07, 6.45) is 1.49. The quantitative estimate of drug-likeness (QED) is 0.897. The van der Waals surface area contributed by atoms with Crippen LogP contribution in [0.2, 0.25) is 5.02 Å². The molecule has 2 N–H and O–H groups in total. The molecule has 0 aliphatic carbocycles. The lowest BCUT2D eigenvalue weighted by Gasteiger charge is -2.14. The van der Waals surface area contributed by atoms with Crippen molar-refractivity contribution in [1.82, 2.24) is 10.2 Å². The summed E-state index contributed by atoms with van der Waals surface area (Å²) in [7, 11) is 0. The number of hydrogen-bond acceptors (Lipinski definition) is 4. The Morgan fingerprint density at radius 1 is 1.50 bits per heavy atom. The monoisotopic (exact) mass is 267 g/mol. The molecule has 1 atom stereocenters. The first-order valence-corrected chi connectivity index (χ1v) is 5.93. The van der Waals surface area contributed by atoms with E-state index >= 15 is 0 Å². The van der Waals surface area contributed by atoms with E-state index in [1.807, 2.05) is 26.8 Å². The van der Waals surface area contributed by atoms with Crippen molar-refractivity contribution in [3.8, 4) is 0 Å². The summed E-state index contributed by atoms with van der Waals surface area (Å²) in [6, 6.07) is 1.94. The molecule has 18 heavy (non-hydrogen) atoms. The lowest BCUT2D eigenvalue weighted by molar-refractivity contribution is 0.500. The van der Waals surface area contributed by atoms with Crippen molar-refractivity contribution in [2.45, 2.75) is 26.8 Å². The average molecular weight is 268 g/mol. The Balaban J connectivity index is 2.26. The maximum Gasteiger partial charge on any atom is 0.285 e. The van der Waals surface area contributed by atoms with Crippen LogP contribution in [-0.4, -0.2) is 10.2 Å². The molecule has 96 valence electrons. The molecule has 2 heterocycles. The molecular formula is C12H14ClN3O2. The minimum atomic E-state index is -0.408. The van der Waals surface area contributed by atoms with Crippen molar-refractivity contribution >= 4 is 17.3 Å². The highest BCUT2D eigenvalue weighted by molar-refractivity contribution is 6.32. The number of anilines is 1. The summed E-state index contributed by atoms with van der Waals surface area (Å²) in [4.78, 5) is 11.3. The molecule has 0 aliphatic rings. The number of nitrogens with zero attached hydrogens (tertiary/aromatic N) is 1.